The van der Waals surface area contributed by atoms with E-state index in [4.69, 9.17) is 0 Å². The fraction of sp³-hybridized carbons (Fsp3) is 0.316. The number of amides is 1. The molecule has 3 aromatic rings. The topological polar surface area (TPSA) is 68.0 Å². The number of benzene rings is 1. The molecule has 1 unspecified atom stereocenters. The second-order valence-electron chi connectivity index (χ2n) is 6.53. The van der Waals surface area contributed by atoms with Crippen molar-refractivity contribution in [3.63, 3.8) is 0 Å². The summed E-state index contributed by atoms with van der Waals surface area (Å²) < 4.78 is 3.77. The van der Waals surface area contributed by atoms with Gasteiger partial charge in [-0.25, -0.2) is 9.67 Å². The van der Waals surface area contributed by atoms with Crippen LogP contribution in [0, 0.1) is 6.92 Å². The Bertz CT molecular complexity index is 919. The monoisotopic (exact) mass is 386 g/mol. The van der Waals surface area contributed by atoms with Gasteiger partial charge in [-0.1, -0.05) is 18.2 Å². The first kappa shape index (κ1) is 19.1. The maximum atomic E-state index is 13.2. The van der Waals surface area contributed by atoms with Gasteiger partial charge in [0, 0.05) is 44.8 Å². The molecule has 1 aromatic carbocycles. The first-order valence-corrected chi connectivity index (χ1v) is 8.76. The third-order valence-corrected chi connectivity index (χ3v) is 4.77. The highest BCUT2D eigenvalue weighted by atomic mass is 35.5. The van der Waals surface area contributed by atoms with Crippen molar-refractivity contribution in [3.8, 4) is 5.69 Å². The van der Waals surface area contributed by atoms with Gasteiger partial charge < -0.3 is 14.8 Å². The molecule has 1 N–H and O–H groups in total. The molecule has 27 heavy (non-hydrogen) atoms. The van der Waals surface area contributed by atoms with Gasteiger partial charge >= 0.3 is 0 Å². The zero-order valence-electron chi connectivity index (χ0n) is 15.4. The van der Waals surface area contributed by atoms with Gasteiger partial charge in [-0.3, -0.25) is 4.79 Å². The summed E-state index contributed by atoms with van der Waals surface area (Å²) in [6.07, 6.45) is 3.67. The van der Waals surface area contributed by atoms with E-state index in [0.29, 0.717) is 18.8 Å². The largest absolute Gasteiger partial charge is 0.336 e. The van der Waals surface area contributed by atoms with Gasteiger partial charge in [0.15, 0.2) is 5.69 Å². The molecule has 1 aliphatic rings. The van der Waals surface area contributed by atoms with E-state index in [2.05, 4.69) is 15.4 Å². The van der Waals surface area contributed by atoms with E-state index in [9.17, 15) is 4.79 Å². The van der Waals surface area contributed by atoms with E-state index >= 15 is 0 Å². The second-order valence-corrected chi connectivity index (χ2v) is 6.53. The number of aromatic nitrogens is 4. The fourth-order valence-corrected chi connectivity index (χ4v) is 3.43. The predicted molar refractivity (Wildman–Crippen MR) is 105 cm³/mol. The maximum Gasteiger partial charge on any atom is 0.275 e. The SMILES string of the molecule is Cc1cc(C(=O)N2CCNCC2c2nccn2C)nn1-c1ccccc1.Cl. The molecule has 1 fully saturated rings. The Morgan fingerprint density at radius 3 is 2.74 bits per heavy atom. The van der Waals surface area contributed by atoms with Crippen LogP contribution in [-0.4, -0.2) is 49.8 Å². The molecule has 1 aliphatic heterocycles. The summed E-state index contributed by atoms with van der Waals surface area (Å²) in [6.45, 7) is 4.05. The summed E-state index contributed by atoms with van der Waals surface area (Å²) in [7, 11) is 1.95. The number of rotatable bonds is 3. The van der Waals surface area contributed by atoms with Crippen LogP contribution in [0.1, 0.15) is 28.0 Å². The number of carbonyl (C=O) groups excluding carboxylic acids is 1. The molecule has 7 nitrogen and oxygen atoms in total. The molecular weight excluding hydrogens is 364 g/mol. The molecule has 8 heteroatoms. The van der Waals surface area contributed by atoms with Crippen LogP contribution in [0.15, 0.2) is 48.8 Å². The van der Waals surface area contributed by atoms with Crippen molar-refractivity contribution in [2.24, 2.45) is 7.05 Å². The number of halogens is 1. The summed E-state index contributed by atoms with van der Waals surface area (Å²) in [6, 6.07) is 11.6. The smallest absolute Gasteiger partial charge is 0.275 e. The normalized spacial score (nSPS) is 16.8. The molecule has 0 saturated carbocycles. The average molecular weight is 387 g/mol. The van der Waals surface area contributed by atoms with Crippen molar-refractivity contribution < 1.29 is 4.79 Å². The van der Waals surface area contributed by atoms with Crippen molar-refractivity contribution in [2.45, 2.75) is 13.0 Å². The van der Waals surface area contributed by atoms with Crippen LogP contribution >= 0.6 is 12.4 Å². The van der Waals surface area contributed by atoms with Crippen LogP contribution < -0.4 is 5.32 Å². The van der Waals surface area contributed by atoms with E-state index in [1.807, 2.05) is 70.7 Å². The van der Waals surface area contributed by atoms with Crippen LogP contribution in [0.2, 0.25) is 0 Å². The van der Waals surface area contributed by atoms with Crippen molar-refractivity contribution in [1.82, 2.24) is 29.5 Å². The Balaban J connectivity index is 0.00000210. The minimum atomic E-state index is -0.0987. The lowest BCUT2D eigenvalue weighted by Gasteiger charge is -2.35. The number of para-hydroxylation sites is 1. The second kappa shape index (κ2) is 7.94. The Kier molecular flexibility index (Phi) is 5.62. The van der Waals surface area contributed by atoms with E-state index < -0.39 is 0 Å². The zero-order chi connectivity index (χ0) is 18.1. The molecule has 1 amide bonds. The van der Waals surface area contributed by atoms with E-state index in [1.54, 1.807) is 6.20 Å². The fourth-order valence-electron chi connectivity index (χ4n) is 3.43. The molecule has 2 aromatic heterocycles. The third-order valence-electron chi connectivity index (χ3n) is 4.77. The van der Waals surface area contributed by atoms with Gasteiger partial charge in [0.05, 0.1) is 5.69 Å². The molecule has 142 valence electrons. The van der Waals surface area contributed by atoms with Crippen molar-refractivity contribution in [3.05, 3.63) is 66.0 Å². The van der Waals surface area contributed by atoms with Gasteiger partial charge in [-0.15, -0.1) is 12.4 Å². The molecule has 3 heterocycles. The van der Waals surface area contributed by atoms with Crippen molar-refractivity contribution in [2.75, 3.05) is 19.6 Å². The quantitative estimate of drug-likeness (QED) is 0.748. The van der Waals surface area contributed by atoms with Crippen LogP contribution in [-0.2, 0) is 7.05 Å². The Labute approximate surface area is 164 Å². The lowest BCUT2D eigenvalue weighted by atomic mass is 10.1. The molecule has 1 atom stereocenters. The van der Waals surface area contributed by atoms with Gasteiger partial charge in [-0.2, -0.15) is 5.10 Å². The lowest BCUT2D eigenvalue weighted by Crippen LogP contribution is -2.49. The average Bonchev–Trinajstić information content (AvgIpc) is 3.27. The number of imidazole rings is 1. The predicted octanol–water partition coefficient (Wildman–Crippen LogP) is 2.12. The Hall–Kier alpha value is -2.64. The van der Waals surface area contributed by atoms with Gasteiger partial charge in [0.2, 0.25) is 0 Å². The summed E-state index contributed by atoms with van der Waals surface area (Å²) in [5.74, 6) is 0.821. The molecule has 0 bridgehead atoms. The summed E-state index contributed by atoms with van der Waals surface area (Å²) >= 11 is 0. The number of hydrogen-bond acceptors (Lipinski definition) is 4. The van der Waals surface area contributed by atoms with Crippen LogP contribution in [0.5, 0.6) is 0 Å². The Morgan fingerprint density at radius 1 is 1.26 bits per heavy atom. The molecule has 1 saturated heterocycles. The number of piperazine rings is 1. The number of nitrogens with one attached hydrogen (secondary N) is 1. The van der Waals surface area contributed by atoms with Gasteiger partial charge in [0.1, 0.15) is 11.9 Å². The standard InChI is InChI=1S/C19H22N6O.ClH/c1-14-12-16(22-25(14)15-6-4-3-5-7-15)19(26)24-11-8-20-13-17(24)18-21-9-10-23(18)2;/h3-7,9-10,12,17,20H,8,11,13H2,1-2H3;1H. The van der Waals surface area contributed by atoms with E-state index in [0.717, 1.165) is 23.8 Å². The molecule has 0 aliphatic carbocycles. The van der Waals surface area contributed by atoms with E-state index in [-0.39, 0.29) is 24.4 Å². The summed E-state index contributed by atoms with van der Waals surface area (Å²) in [5, 5.41) is 7.93. The van der Waals surface area contributed by atoms with Gasteiger partial charge in [-0.05, 0) is 25.1 Å². The lowest BCUT2D eigenvalue weighted by molar-refractivity contribution is 0.0614. The molecular formula is C19H23ClN6O. The number of hydrogen-bond donors (Lipinski definition) is 1. The van der Waals surface area contributed by atoms with Crippen molar-refractivity contribution >= 4 is 18.3 Å². The van der Waals surface area contributed by atoms with Crippen LogP contribution in [0.3, 0.4) is 0 Å². The van der Waals surface area contributed by atoms with Crippen molar-refractivity contribution in [1.29, 1.82) is 0 Å². The zero-order valence-corrected chi connectivity index (χ0v) is 16.2. The van der Waals surface area contributed by atoms with Gasteiger partial charge in [0.25, 0.3) is 5.91 Å². The van der Waals surface area contributed by atoms with Crippen LogP contribution in [0.4, 0.5) is 0 Å². The maximum absolute atomic E-state index is 13.2. The number of carbonyl (C=O) groups is 1. The highest BCUT2D eigenvalue weighted by molar-refractivity contribution is 5.93. The number of aryl methyl sites for hydroxylation is 2. The first-order chi connectivity index (χ1) is 12.6. The minimum absolute atomic E-state index is 0. The van der Waals surface area contributed by atoms with E-state index in [1.165, 1.54) is 0 Å². The summed E-state index contributed by atoms with van der Waals surface area (Å²) in [5.41, 5.74) is 2.35. The Morgan fingerprint density at radius 2 is 2.04 bits per heavy atom. The first-order valence-electron chi connectivity index (χ1n) is 8.76. The van der Waals surface area contributed by atoms with Crippen LogP contribution in [0.25, 0.3) is 5.69 Å². The molecule has 4 rings (SSSR count). The highest BCUT2D eigenvalue weighted by Crippen LogP contribution is 2.23. The molecule has 0 spiro atoms. The minimum Gasteiger partial charge on any atom is -0.336 e. The third kappa shape index (κ3) is 3.61. The summed E-state index contributed by atoms with van der Waals surface area (Å²) in [4.78, 5) is 19.5. The number of nitrogens with zero attached hydrogens (tertiary/aromatic N) is 5. The highest BCUT2D eigenvalue weighted by Gasteiger charge is 2.32. The molecule has 0 radical (unpaired) electrons.